The van der Waals surface area contributed by atoms with E-state index < -0.39 is 17.9 Å². The van der Waals surface area contributed by atoms with Crippen molar-refractivity contribution in [2.75, 3.05) is 18.9 Å². The molecule has 0 spiro atoms. The standard InChI is InChI=1S/C14H18N2O4/c15-10-3-1-2-9(6-10)4-5-13(17)16-12-8-20-7-11(12)14(18)19/h1-3,6,11-12H,4-5,7-8,15H2,(H,16,17)(H,18,19). The molecule has 6 heteroatoms. The fraction of sp³-hybridized carbons (Fsp3) is 0.429. The van der Waals surface area contributed by atoms with Crippen LogP contribution in [0.4, 0.5) is 5.69 Å². The molecule has 0 aliphatic carbocycles. The number of anilines is 1. The number of nitrogens with one attached hydrogen (secondary N) is 1. The van der Waals surface area contributed by atoms with Gasteiger partial charge >= 0.3 is 5.97 Å². The van der Waals surface area contributed by atoms with Gasteiger partial charge in [0.15, 0.2) is 0 Å². The lowest BCUT2D eigenvalue weighted by atomic mass is 10.0. The van der Waals surface area contributed by atoms with Gasteiger partial charge in [-0.1, -0.05) is 12.1 Å². The van der Waals surface area contributed by atoms with E-state index >= 15 is 0 Å². The molecule has 1 amide bonds. The molecule has 1 aromatic carbocycles. The maximum Gasteiger partial charge on any atom is 0.311 e. The lowest BCUT2D eigenvalue weighted by Gasteiger charge is -2.15. The molecule has 1 aliphatic rings. The van der Waals surface area contributed by atoms with Gasteiger partial charge in [0, 0.05) is 12.1 Å². The summed E-state index contributed by atoms with van der Waals surface area (Å²) in [4.78, 5) is 22.8. The first-order valence-electron chi connectivity index (χ1n) is 6.50. The van der Waals surface area contributed by atoms with Crippen LogP contribution < -0.4 is 11.1 Å². The molecule has 1 fully saturated rings. The third-order valence-electron chi connectivity index (χ3n) is 3.34. The summed E-state index contributed by atoms with van der Waals surface area (Å²) in [5, 5.41) is 11.7. The normalized spacial score (nSPS) is 21.6. The van der Waals surface area contributed by atoms with Gasteiger partial charge in [-0.25, -0.2) is 0 Å². The lowest BCUT2D eigenvalue weighted by molar-refractivity contribution is -0.142. The third-order valence-corrected chi connectivity index (χ3v) is 3.34. The number of benzene rings is 1. The molecule has 0 aromatic heterocycles. The third kappa shape index (κ3) is 3.71. The Morgan fingerprint density at radius 2 is 2.20 bits per heavy atom. The maximum atomic E-state index is 11.8. The van der Waals surface area contributed by atoms with Crippen molar-refractivity contribution in [2.45, 2.75) is 18.9 Å². The van der Waals surface area contributed by atoms with Gasteiger partial charge in [-0.15, -0.1) is 0 Å². The van der Waals surface area contributed by atoms with E-state index in [2.05, 4.69) is 5.32 Å². The van der Waals surface area contributed by atoms with Crippen molar-refractivity contribution in [3.05, 3.63) is 29.8 Å². The van der Waals surface area contributed by atoms with Crippen LogP contribution in [-0.2, 0) is 20.7 Å². The monoisotopic (exact) mass is 278 g/mol. The van der Waals surface area contributed by atoms with Gasteiger partial charge in [0.2, 0.25) is 5.91 Å². The molecule has 108 valence electrons. The maximum absolute atomic E-state index is 11.8. The first-order valence-corrected chi connectivity index (χ1v) is 6.50. The van der Waals surface area contributed by atoms with Crippen molar-refractivity contribution in [3.8, 4) is 0 Å². The number of hydrogen-bond donors (Lipinski definition) is 3. The minimum Gasteiger partial charge on any atom is -0.481 e. The SMILES string of the molecule is Nc1cccc(CCC(=O)NC2COCC2C(=O)O)c1. The highest BCUT2D eigenvalue weighted by Gasteiger charge is 2.34. The lowest BCUT2D eigenvalue weighted by Crippen LogP contribution is -2.42. The number of aryl methyl sites for hydroxylation is 1. The van der Waals surface area contributed by atoms with Gasteiger partial charge in [0.1, 0.15) is 5.92 Å². The number of hydrogen-bond acceptors (Lipinski definition) is 4. The van der Waals surface area contributed by atoms with Gasteiger partial charge in [-0.3, -0.25) is 9.59 Å². The van der Waals surface area contributed by atoms with Crippen molar-refractivity contribution in [3.63, 3.8) is 0 Å². The second-order valence-corrected chi connectivity index (χ2v) is 4.90. The van der Waals surface area contributed by atoms with Crippen LogP contribution >= 0.6 is 0 Å². The Kier molecular flexibility index (Phi) is 4.57. The van der Waals surface area contributed by atoms with E-state index in [1.54, 1.807) is 6.07 Å². The average molecular weight is 278 g/mol. The second-order valence-electron chi connectivity index (χ2n) is 4.90. The second kappa shape index (κ2) is 6.38. The highest BCUT2D eigenvalue weighted by molar-refractivity contribution is 5.78. The zero-order valence-electron chi connectivity index (χ0n) is 11.0. The summed E-state index contributed by atoms with van der Waals surface area (Å²) in [6.07, 6.45) is 0.870. The zero-order chi connectivity index (χ0) is 14.5. The highest BCUT2D eigenvalue weighted by atomic mass is 16.5. The van der Waals surface area contributed by atoms with E-state index in [-0.39, 0.29) is 19.1 Å². The predicted molar refractivity (Wildman–Crippen MR) is 73.1 cm³/mol. The number of aliphatic carboxylic acids is 1. The van der Waals surface area contributed by atoms with Crippen molar-refractivity contribution < 1.29 is 19.4 Å². The van der Waals surface area contributed by atoms with Crippen LogP contribution in [0.5, 0.6) is 0 Å². The summed E-state index contributed by atoms with van der Waals surface area (Å²) in [5.41, 5.74) is 7.31. The van der Waals surface area contributed by atoms with E-state index in [1.807, 2.05) is 18.2 Å². The minimum absolute atomic E-state index is 0.148. The van der Waals surface area contributed by atoms with Crippen LogP contribution in [0.3, 0.4) is 0 Å². The number of carboxylic acid groups (broad SMARTS) is 1. The summed E-state index contributed by atoms with van der Waals surface area (Å²) in [6, 6.07) is 6.92. The number of carbonyl (C=O) groups excluding carboxylic acids is 1. The summed E-state index contributed by atoms with van der Waals surface area (Å²) < 4.78 is 5.10. The molecule has 20 heavy (non-hydrogen) atoms. The van der Waals surface area contributed by atoms with Crippen LogP contribution in [0.1, 0.15) is 12.0 Å². The molecule has 2 unspecified atom stereocenters. The van der Waals surface area contributed by atoms with E-state index in [4.69, 9.17) is 15.6 Å². The molecule has 2 atom stereocenters. The molecule has 0 saturated carbocycles. The predicted octanol–water partition coefficient (Wildman–Crippen LogP) is 0.417. The molecular weight excluding hydrogens is 260 g/mol. The largest absolute Gasteiger partial charge is 0.481 e. The molecule has 1 aliphatic heterocycles. The van der Waals surface area contributed by atoms with Gasteiger partial charge in [0.05, 0.1) is 19.3 Å². The smallest absolute Gasteiger partial charge is 0.311 e. The van der Waals surface area contributed by atoms with Crippen LogP contribution in [0.15, 0.2) is 24.3 Å². The highest BCUT2D eigenvalue weighted by Crippen LogP contribution is 2.14. The number of nitrogens with two attached hydrogens (primary N) is 1. The number of carboxylic acids is 1. The molecule has 1 saturated heterocycles. The summed E-state index contributed by atoms with van der Waals surface area (Å²) in [5.74, 6) is -1.77. The molecule has 2 rings (SSSR count). The number of ether oxygens (including phenoxy) is 1. The number of amides is 1. The molecule has 4 N–H and O–H groups in total. The van der Waals surface area contributed by atoms with E-state index in [1.165, 1.54) is 0 Å². The number of nitrogen functional groups attached to an aromatic ring is 1. The van der Waals surface area contributed by atoms with Crippen LogP contribution in [0.2, 0.25) is 0 Å². The first kappa shape index (κ1) is 14.3. The Labute approximate surface area is 116 Å². The Morgan fingerprint density at radius 1 is 1.40 bits per heavy atom. The first-order chi connectivity index (χ1) is 9.56. The van der Waals surface area contributed by atoms with E-state index in [0.717, 1.165) is 5.56 Å². The van der Waals surface area contributed by atoms with Crippen LogP contribution in [0, 0.1) is 5.92 Å². The molecule has 1 aromatic rings. The number of rotatable bonds is 5. The van der Waals surface area contributed by atoms with E-state index in [9.17, 15) is 9.59 Å². The Balaban J connectivity index is 1.82. The van der Waals surface area contributed by atoms with Crippen molar-refractivity contribution >= 4 is 17.6 Å². The van der Waals surface area contributed by atoms with Gasteiger partial charge in [-0.2, -0.15) is 0 Å². The topological polar surface area (TPSA) is 102 Å². The molecular formula is C14H18N2O4. The Bertz CT molecular complexity index is 504. The van der Waals surface area contributed by atoms with Crippen LogP contribution in [-0.4, -0.2) is 36.2 Å². The average Bonchev–Trinajstić information content (AvgIpc) is 2.85. The van der Waals surface area contributed by atoms with E-state index in [0.29, 0.717) is 18.5 Å². The Morgan fingerprint density at radius 3 is 2.90 bits per heavy atom. The minimum atomic E-state index is -0.941. The zero-order valence-corrected chi connectivity index (χ0v) is 11.0. The fourth-order valence-electron chi connectivity index (χ4n) is 2.23. The van der Waals surface area contributed by atoms with Gasteiger partial charge < -0.3 is 20.9 Å². The Hall–Kier alpha value is -2.08. The number of carbonyl (C=O) groups is 2. The summed E-state index contributed by atoms with van der Waals surface area (Å²) in [7, 11) is 0. The van der Waals surface area contributed by atoms with Crippen molar-refractivity contribution in [1.82, 2.24) is 5.32 Å². The summed E-state index contributed by atoms with van der Waals surface area (Å²) in [6.45, 7) is 0.399. The van der Waals surface area contributed by atoms with Crippen LogP contribution in [0.25, 0.3) is 0 Å². The molecule has 0 bridgehead atoms. The van der Waals surface area contributed by atoms with Gasteiger partial charge in [0.25, 0.3) is 0 Å². The van der Waals surface area contributed by atoms with Gasteiger partial charge in [-0.05, 0) is 24.1 Å². The summed E-state index contributed by atoms with van der Waals surface area (Å²) >= 11 is 0. The quantitative estimate of drug-likeness (QED) is 0.677. The molecule has 0 radical (unpaired) electrons. The molecule has 6 nitrogen and oxygen atoms in total. The van der Waals surface area contributed by atoms with Crippen molar-refractivity contribution in [1.29, 1.82) is 0 Å². The fourth-order valence-corrected chi connectivity index (χ4v) is 2.23. The molecule has 1 heterocycles. The van der Waals surface area contributed by atoms with Crippen molar-refractivity contribution in [2.24, 2.45) is 5.92 Å².